The molecular formula is C10H20N2S2. The van der Waals surface area contributed by atoms with Crippen molar-refractivity contribution in [1.29, 1.82) is 0 Å². The summed E-state index contributed by atoms with van der Waals surface area (Å²) in [6.45, 7) is 8.93. The Morgan fingerprint density at radius 3 is 2.71 bits per heavy atom. The first-order valence-electron chi connectivity index (χ1n) is 5.13. The van der Waals surface area contributed by atoms with E-state index in [2.05, 4.69) is 25.7 Å². The molecule has 0 aromatic heterocycles. The normalized spacial score (nSPS) is 24.5. The van der Waals surface area contributed by atoms with Crippen LogP contribution in [0.3, 0.4) is 0 Å². The zero-order chi connectivity index (χ0) is 10.8. The monoisotopic (exact) mass is 232 g/mol. The van der Waals surface area contributed by atoms with Crippen molar-refractivity contribution in [3.05, 3.63) is 0 Å². The minimum atomic E-state index is 0.296. The van der Waals surface area contributed by atoms with Crippen molar-refractivity contribution in [3.8, 4) is 0 Å². The molecule has 14 heavy (non-hydrogen) atoms. The van der Waals surface area contributed by atoms with Crippen LogP contribution in [0.25, 0.3) is 0 Å². The Kier molecular flexibility index (Phi) is 4.22. The molecule has 1 aliphatic heterocycles. The average molecular weight is 232 g/mol. The molecule has 0 aromatic rings. The van der Waals surface area contributed by atoms with Crippen molar-refractivity contribution in [2.45, 2.75) is 38.0 Å². The first-order valence-corrected chi connectivity index (χ1v) is 6.53. The van der Waals surface area contributed by atoms with E-state index >= 15 is 0 Å². The van der Waals surface area contributed by atoms with Crippen LogP contribution in [0.5, 0.6) is 0 Å². The Morgan fingerprint density at radius 2 is 2.29 bits per heavy atom. The van der Waals surface area contributed by atoms with Gasteiger partial charge in [-0.05, 0) is 20.3 Å². The van der Waals surface area contributed by atoms with E-state index < -0.39 is 0 Å². The molecule has 1 aliphatic rings. The van der Waals surface area contributed by atoms with Crippen molar-refractivity contribution in [1.82, 2.24) is 4.90 Å². The molecule has 1 atom stereocenters. The fourth-order valence-electron chi connectivity index (χ4n) is 1.96. The Morgan fingerprint density at radius 1 is 1.64 bits per heavy atom. The number of hydrogen-bond donors (Lipinski definition) is 1. The van der Waals surface area contributed by atoms with E-state index in [1.165, 1.54) is 5.75 Å². The number of hydrogen-bond acceptors (Lipinski definition) is 3. The first-order chi connectivity index (χ1) is 6.46. The molecular weight excluding hydrogens is 212 g/mol. The van der Waals surface area contributed by atoms with E-state index in [4.69, 9.17) is 18.0 Å². The van der Waals surface area contributed by atoms with E-state index in [0.717, 1.165) is 19.5 Å². The summed E-state index contributed by atoms with van der Waals surface area (Å²) in [5.41, 5.74) is 5.75. The van der Waals surface area contributed by atoms with Gasteiger partial charge in [0.1, 0.15) is 0 Å². The Bertz CT molecular complexity index is 216. The van der Waals surface area contributed by atoms with Gasteiger partial charge in [-0.25, -0.2) is 0 Å². The summed E-state index contributed by atoms with van der Waals surface area (Å²) in [6.07, 6.45) is 1.02. The zero-order valence-electron chi connectivity index (χ0n) is 9.25. The van der Waals surface area contributed by atoms with Crippen molar-refractivity contribution in [3.63, 3.8) is 0 Å². The number of rotatable bonds is 3. The molecule has 1 fully saturated rings. The molecule has 2 nitrogen and oxygen atoms in total. The molecule has 0 spiro atoms. The van der Waals surface area contributed by atoms with Crippen LogP contribution in [-0.2, 0) is 0 Å². The fraction of sp³-hybridized carbons (Fsp3) is 0.900. The maximum atomic E-state index is 5.75. The van der Waals surface area contributed by atoms with Gasteiger partial charge in [0.15, 0.2) is 0 Å². The highest BCUT2D eigenvalue weighted by atomic mass is 32.2. The molecule has 1 rings (SSSR count). The minimum Gasteiger partial charge on any atom is -0.392 e. The van der Waals surface area contributed by atoms with Crippen LogP contribution in [-0.4, -0.2) is 39.5 Å². The van der Waals surface area contributed by atoms with Gasteiger partial charge in [-0.3, -0.25) is 4.90 Å². The van der Waals surface area contributed by atoms with Crippen molar-refractivity contribution >= 4 is 29.0 Å². The molecule has 2 N–H and O–H groups in total. The molecule has 82 valence electrons. The van der Waals surface area contributed by atoms with Crippen molar-refractivity contribution in [2.24, 2.45) is 5.73 Å². The first kappa shape index (κ1) is 12.3. The summed E-state index contributed by atoms with van der Waals surface area (Å²) in [7, 11) is 0. The SMILES string of the molecule is CCC(C(N)=S)N1CCSC(C)(C)C1. The van der Waals surface area contributed by atoms with E-state index in [1.54, 1.807) is 0 Å². The van der Waals surface area contributed by atoms with Gasteiger partial charge in [0.25, 0.3) is 0 Å². The van der Waals surface area contributed by atoms with E-state index in [1.807, 2.05) is 11.8 Å². The summed E-state index contributed by atoms with van der Waals surface area (Å²) in [5.74, 6) is 1.19. The van der Waals surface area contributed by atoms with Gasteiger partial charge < -0.3 is 5.73 Å². The van der Waals surface area contributed by atoms with Crippen LogP contribution in [0.2, 0.25) is 0 Å². The van der Waals surface area contributed by atoms with E-state index in [9.17, 15) is 0 Å². The Balaban J connectivity index is 2.62. The van der Waals surface area contributed by atoms with Gasteiger partial charge in [0.2, 0.25) is 0 Å². The number of nitrogens with two attached hydrogens (primary N) is 1. The highest BCUT2D eigenvalue weighted by Gasteiger charge is 2.31. The number of nitrogens with zero attached hydrogens (tertiary/aromatic N) is 1. The van der Waals surface area contributed by atoms with Gasteiger partial charge in [-0.15, -0.1) is 0 Å². The Labute approximate surface area is 96.6 Å². The second-order valence-electron chi connectivity index (χ2n) is 4.41. The average Bonchev–Trinajstić information content (AvgIpc) is 2.02. The summed E-state index contributed by atoms with van der Waals surface area (Å²) >= 11 is 7.14. The standard InChI is InChI=1S/C10H20N2S2/c1-4-8(9(11)13)12-5-6-14-10(2,3)7-12/h8H,4-7H2,1-3H3,(H2,11,13). The smallest absolute Gasteiger partial charge is 0.0901 e. The third kappa shape index (κ3) is 3.11. The van der Waals surface area contributed by atoms with Gasteiger partial charge in [0.05, 0.1) is 11.0 Å². The van der Waals surface area contributed by atoms with Crippen molar-refractivity contribution in [2.75, 3.05) is 18.8 Å². The van der Waals surface area contributed by atoms with Crippen LogP contribution < -0.4 is 5.73 Å². The summed E-state index contributed by atoms with van der Waals surface area (Å²) in [5, 5.41) is 0. The topological polar surface area (TPSA) is 29.3 Å². The molecule has 1 unspecified atom stereocenters. The quantitative estimate of drug-likeness (QED) is 0.752. The largest absolute Gasteiger partial charge is 0.392 e. The van der Waals surface area contributed by atoms with Gasteiger partial charge in [-0.1, -0.05) is 19.1 Å². The van der Waals surface area contributed by atoms with Gasteiger partial charge >= 0.3 is 0 Å². The molecule has 0 amide bonds. The second kappa shape index (κ2) is 4.81. The zero-order valence-corrected chi connectivity index (χ0v) is 10.9. The maximum Gasteiger partial charge on any atom is 0.0901 e. The van der Waals surface area contributed by atoms with Crippen LogP contribution >= 0.6 is 24.0 Å². The van der Waals surface area contributed by atoms with Crippen LogP contribution in [0, 0.1) is 0 Å². The Hall–Kier alpha value is 0.200. The lowest BCUT2D eigenvalue weighted by atomic mass is 10.1. The number of thioether (sulfide) groups is 1. The molecule has 0 radical (unpaired) electrons. The van der Waals surface area contributed by atoms with Crippen molar-refractivity contribution < 1.29 is 0 Å². The lowest BCUT2D eigenvalue weighted by molar-refractivity contribution is 0.227. The molecule has 4 heteroatoms. The highest BCUT2D eigenvalue weighted by Crippen LogP contribution is 2.30. The summed E-state index contributed by atoms with van der Waals surface area (Å²) in [6, 6.07) is 0.296. The van der Waals surface area contributed by atoms with Gasteiger partial charge in [-0.2, -0.15) is 11.8 Å². The summed E-state index contributed by atoms with van der Waals surface area (Å²) < 4.78 is 0.344. The van der Waals surface area contributed by atoms with E-state index in [0.29, 0.717) is 15.8 Å². The fourth-order valence-corrected chi connectivity index (χ4v) is 3.41. The van der Waals surface area contributed by atoms with Gasteiger partial charge in [0, 0.05) is 23.6 Å². The van der Waals surface area contributed by atoms with Crippen LogP contribution in [0.15, 0.2) is 0 Å². The molecule has 0 aliphatic carbocycles. The predicted octanol–water partition coefficient (Wildman–Crippen LogP) is 1.88. The predicted molar refractivity (Wildman–Crippen MR) is 69.0 cm³/mol. The van der Waals surface area contributed by atoms with E-state index in [-0.39, 0.29) is 0 Å². The molecule has 0 aromatic carbocycles. The number of thiocarbonyl (C=S) groups is 1. The third-order valence-corrected chi connectivity index (χ3v) is 4.18. The summed E-state index contributed by atoms with van der Waals surface area (Å²) in [4.78, 5) is 3.08. The van der Waals surface area contributed by atoms with Crippen LogP contribution in [0.4, 0.5) is 0 Å². The minimum absolute atomic E-state index is 0.296. The lowest BCUT2D eigenvalue weighted by Gasteiger charge is -2.41. The highest BCUT2D eigenvalue weighted by molar-refractivity contribution is 8.00. The molecule has 0 saturated carbocycles. The molecule has 1 heterocycles. The molecule has 1 saturated heterocycles. The lowest BCUT2D eigenvalue weighted by Crippen LogP contribution is -2.52. The maximum absolute atomic E-state index is 5.75. The van der Waals surface area contributed by atoms with Crippen LogP contribution in [0.1, 0.15) is 27.2 Å². The molecule has 0 bridgehead atoms. The second-order valence-corrected chi connectivity index (χ2v) is 6.68. The third-order valence-electron chi connectivity index (χ3n) is 2.61.